The van der Waals surface area contributed by atoms with E-state index in [1.807, 2.05) is 0 Å². The SMILES string of the molecule is O=[N+]([O-])c1cccc(F)c1NCc1ccc(O)c(Br)c1. The number of rotatable bonds is 4. The molecule has 7 heteroatoms. The van der Waals surface area contributed by atoms with Gasteiger partial charge in [0.15, 0.2) is 5.82 Å². The number of phenolic OH excluding ortho intramolecular Hbond substituents is 1. The van der Waals surface area contributed by atoms with Crippen LogP contribution in [0.1, 0.15) is 5.56 Å². The van der Waals surface area contributed by atoms with Crippen LogP contribution < -0.4 is 5.32 Å². The zero-order chi connectivity index (χ0) is 14.7. The first kappa shape index (κ1) is 14.3. The molecule has 20 heavy (non-hydrogen) atoms. The zero-order valence-corrected chi connectivity index (χ0v) is 11.7. The van der Waals surface area contributed by atoms with E-state index in [4.69, 9.17) is 0 Å². The lowest BCUT2D eigenvalue weighted by Crippen LogP contribution is -2.04. The topological polar surface area (TPSA) is 75.4 Å². The second kappa shape index (κ2) is 5.87. The second-order valence-electron chi connectivity index (χ2n) is 4.03. The van der Waals surface area contributed by atoms with E-state index in [2.05, 4.69) is 21.2 Å². The molecule has 0 saturated carbocycles. The Balaban J connectivity index is 2.22. The molecule has 0 bridgehead atoms. The highest BCUT2D eigenvalue weighted by Crippen LogP contribution is 2.28. The molecule has 0 aliphatic carbocycles. The number of aromatic hydroxyl groups is 1. The fourth-order valence-electron chi connectivity index (χ4n) is 1.69. The molecule has 0 radical (unpaired) electrons. The fraction of sp³-hybridized carbons (Fsp3) is 0.0769. The van der Waals surface area contributed by atoms with Crippen molar-refractivity contribution in [3.05, 3.63) is 62.4 Å². The summed E-state index contributed by atoms with van der Waals surface area (Å²) < 4.78 is 14.1. The van der Waals surface area contributed by atoms with Crippen molar-refractivity contribution >= 4 is 27.3 Å². The average molecular weight is 341 g/mol. The second-order valence-corrected chi connectivity index (χ2v) is 4.88. The monoisotopic (exact) mass is 340 g/mol. The van der Waals surface area contributed by atoms with Gasteiger partial charge in [-0.2, -0.15) is 0 Å². The Morgan fingerprint density at radius 1 is 1.35 bits per heavy atom. The Hall–Kier alpha value is -2.15. The van der Waals surface area contributed by atoms with Crippen molar-refractivity contribution in [1.82, 2.24) is 0 Å². The molecule has 0 atom stereocenters. The van der Waals surface area contributed by atoms with Crippen LogP contribution in [-0.4, -0.2) is 10.0 Å². The first-order valence-electron chi connectivity index (χ1n) is 5.63. The molecule has 0 amide bonds. The van der Waals surface area contributed by atoms with Crippen LogP contribution in [0.5, 0.6) is 5.75 Å². The minimum Gasteiger partial charge on any atom is -0.507 e. The van der Waals surface area contributed by atoms with E-state index in [0.717, 1.165) is 11.6 Å². The number of benzene rings is 2. The van der Waals surface area contributed by atoms with E-state index in [1.54, 1.807) is 12.1 Å². The van der Waals surface area contributed by atoms with Gasteiger partial charge < -0.3 is 10.4 Å². The van der Waals surface area contributed by atoms with Crippen molar-refractivity contribution in [2.24, 2.45) is 0 Å². The summed E-state index contributed by atoms with van der Waals surface area (Å²) in [5.41, 5.74) is 0.275. The predicted molar refractivity (Wildman–Crippen MR) is 76.2 cm³/mol. The molecule has 0 spiro atoms. The third kappa shape index (κ3) is 3.05. The van der Waals surface area contributed by atoms with Crippen molar-refractivity contribution in [2.45, 2.75) is 6.54 Å². The predicted octanol–water partition coefficient (Wildman–Crippen LogP) is 3.81. The van der Waals surface area contributed by atoms with Gasteiger partial charge in [0.05, 0.1) is 9.40 Å². The molecule has 0 fully saturated rings. The molecular weight excluding hydrogens is 331 g/mol. The first-order valence-corrected chi connectivity index (χ1v) is 6.42. The molecule has 2 aromatic rings. The lowest BCUT2D eigenvalue weighted by Gasteiger charge is -2.09. The Morgan fingerprint density at radius 3 is 2.75 bits per heavy atom. The Bertz CT molecular complexity index is 664. The maximum atomic E-state index is 13.6. The fourth-order valence-corrected chi connectivity index (χ4v) is 2.12. The third-order valence-corrected chi connectivity index (χ3v) is 3.30. The number of nitro benzene ring substituents is 1. The molecule has 0 aromatic heterocycles. The lowest BCUT2D eigenvalue weighted by atomic mass is 10.2. The number of hydrogen-bond donors (Lipinski definition) is 2. The summed E-state index contributed by atoms with van der Waals surface area (Å²) in [5, 5.41) is 22.9. The van der Waals surface area contributed by atoms with E-state index < -0.39 is 10.7 Å². The van der Waals surface area contributed by atoms with Gasteiger partial charge in [-0.25, -0.2) is 4.39 Å². The summed E-state index contributed by atoms with van der Waals surface area (Å²) in [6.07, 6.45) is 0. The van der Waals surface area contributed by atoms with Crippen molar-refractivity contribution in [3.63, 3.8) is 0 Å². The number of phenols is 1. The van der Waals surface area contributed by atoms with Crippen molar-refractivity contribution < 1.29 is 14.4 Å². The Labute approximate surface area is 122 Å². The van der Waals surface area contributed by atoms with Crippen molar-refractivity contribution in [3.8, 4) is 5.75 Å². The molecule has 5 nitrogen and oxygen atoms in total. The van der Waals surface area contributed by atoms with Gasteiger partial charge in [-0.3, -0.25) is 10.1 Å². The number of halogens is 2. The quantitative estimate of drug-likeness (QED) is 0.655. The molecule has 0 aliphatic rings. The lowest BCUT2D eigenvalue weighted by molar-refractivity contribution is -0.384. The van der Waals surface area contributed by atoms with Gasteiger partial charge in [-0.1, -0.05) is 12.1 Å². The summed E-state index contributed by atoms with van der Waals surface area (Å²) in [6.45, 7) is 0.195. The summed E-state index contributed by atoms with van der Waals surface area (Å²) >= 11 is 3.16. The Morgan fingerprint density at radius 2 is 2.10 bits per heavy atom. The van der Waals surface area contributed by atoms with Gasteiger partial charge in [0.1, 0.15) is 11.4 Å². The highest BCUT2D eigenvalue weighted by atomic mass is 79.9. The summed E-state index contributed by atoms with van der Waals surface area (Å²) in [5.74, 6) is -0.595. The maximum Gasteiger partial charge on any atom is 0.295 e. The van der Waals surface area contributed by atoms with Crippen LogP contribution in [0, 0.1) is 15.9 Å². The number of para-hydroxylation sites is 1. The minimum atomic E-state index is -0.683. The van der Waals surface area contributed by atoms with E-state index in [9.17, 15) is 19.6 Å². The van der Waals surface area contributed by atoms with Crippen LogP contribution in [0.4, 0.5) is 15.8 Å². The van der Waals surface area contributed by atoms with Gasteiger partial charge in [0.25, 0.3) is 5.69 Å². The number of nitrogens with zero attached hydrogens (tertiary/aromatic N) is 1. The molecule has 0 heterocycles. The van der Waals surface area contributed by atoms with Crippen LogP contribution >= 0.6 is 15.9 Å². The van der Waals surface area contributed by atoms with Crippen LogP contribution in [0.15, 0.2) is 40.9 Å². The highest BCUT2D eigenvalue weighted by Gasteiger charge is 2.17. The number of nitro groups is 1. The normalized spacial score (nSPS) is 10.3. The number of anilines is 1. The van der Waals surface area contributed by atoms with E-state index in [0.29, 0.717) is 4.47 Å². The summed E-state index contributed by atoms with van der Waals surface area (Å²) in [7, 11) is 0. The summed E-state index contributed by atoms with van der Waals surface area (Å²) in [4.78, 5) is 10.2. The van der Waals surface area contributed by atoms with Crippen molar-refractivity contribution in [2.75, 3.05) is 5.32 Å². The van der Waals surface area contributed by atoms with Crippen LogP contribution in [0.25, 0.3) is 0 Å². The van der Waals surface area contributed by atoms with Crippen LogP contribution in [-0.2, 0) is 6.54 Å². The van der Waals surface area contributed by atoms with Gasteiger partial charge in [-0.05, 0) is 39.7 Å². The molecule has 2 rings (SSSR count). The molecule has 0 unspecified atom stereocenters. The van der Waals surface area contributed by atoms with Gasteiger partial charge in [-0.15, -0.1) is 0 Å². The van der Waals surface area contributed by atoms with E-state index in [1.165, 1.54) is 18.2 Å². The van der Waals surface area contributed by atoms with E-state index >= 15 is 0 Å². The molecule has 0 saturated heterocycles. The Kier molecular flexibility index (Phi) is 4.19. The standard InChI is InChI=1S/C13H10BrFN2O3/c14-9-6-8(4-5-12(9)18)7-16-13-10(15)2-1-3-11(13)17(19)20/h1-6,16,18H,7H2. The number of nitrogens with one attached hydrogen (secondary N) is 1. The molecular formula is C13H10BrFN2O3. The summed E-state index contributed by atoms with van der Waals surface area (Å²) in [6, 6.07) is 8.45. The zero-order valence-electron chi connectivity index (χ0n) is 10.1. The molecule has 2 N–H and O–H groups in total. The molecule has 104 valence electrons. The van der Waals surface area contributed by atoms with E-state index in [-0.39, 0.29) is 23.7 Å². The largest absolute Gasteiger partial charge is 0.507 e. The highest BCUT2D eigenvalue weighted by molar-refractivity contribution is 9.10. The van der Waals surface area contributed by atoms with Gasteiger partial charge >= 0.3 is 0 Å². The van der Waals surface area contributed by atoms with Gasteiger partial charge in [0.2, 0.25) is 0 Å². The molecule has 0 aliphatic heterocycles. The average Bonchev–Trinajstić information content (AvgIpc) is 2.40. The van der Waals surface area contributed by atoms with Crippen molar-refractivity contribution in [1.29, 1.82) is 0 Å². The smallest absolute Gasteiger partial charge is 0.295 e. The first-order chi connectivity index (χ1) is 9.49. The maximum absolute atomic E-state index is 13.6. The minimum absolute atomic E-state index is 0.0885. The third-order valence-electron chi connectivity index (χ3n) is 2.67. The van der Waals surface area contributed by atoms with Gasteiger partial charge in [0, 0.05) is 12.6 Å². The van der Waals surface area contributed by atoms with Crippen LogP contribution in [0.3, 0.4) is 0 Å². The van der Waals surface area contributed by atoms with Crippen LogP contribution in [0.2, 0.25) is 0 Å². The molecule has 2 aromatic carbocycles. The number of hydrogen-bond acceptors (Lipinski definition) is 4.